The van der Waals surface area contributed by atoms with Crippen molar-refractivity contribution in [2.75, 3.05) is 5.73 Å². The van der Waals surface area contributed by atoms with Crippen molar-refractivity contribution in [1.29, 1.82) is 0 Å². The molecule has 0 aliphatic carbocycles. The van der Waals surface area contributed by atoms with Crippen molar-refractivity contribution in [2.45, 2.75) is 6.92 Å². The van der Waals surface area contributed by atoms with Gasteiger partial charge in [-0.15, -0.1) is 0 Å². The molecule has 0 saturated heterocycles. The van der Waals surface area contributed by atoms with E-state index in [0.717, 1.165) is 0 Å². The van der Waals surface area contributed by atoms with E-state index in [-0.39, 0.29) is 22.5 Å². The maximum Gasteiger partial charge on any atom is 0.349 e. The van der Waals surface area contributed by atoms with Crippen molar-refractivity contribution in [2.24, 2.45) is 5.16 Å². The number of anilines is 1. The van der Waals surface area contributed by atoms with E-state index >= 15 is 0 Å². The summed E-state index contributed by atoms with van der Waals surface area (Å²) in [5, 5.41) is 12.6. The van der Waals surface area contributed by atoms with Crippen LogP contribution in [0.4, 0.5) is 5.69 Å². The number of nitrogen functional groups attached to an aromatic ring is 1. The molecule has 6 heteroatoms. The van der Waals surface area contributed by atoms with Gasteiger partial charge in [-0.1, -0.05) is 17.3 Å². The van der Waals surface area contributed by atoms with E-state index in [1.54, 1.807) is 24.3 Å². The molecule has 0 spiro atoms. The number of nitrogens with zero attached hydrogens (tertiary/aromatic N) is 1. The monoisotopic (exact) mass is 258 g/mol. The fraction of sp³-hybridized carbons (Fsp3) is 0.0769. The molecule has 3 aromatic rings. The summed E-state index contributed by atoms with van der Waals surface area (Å²) in [6, 6.07) is 6.98. The molecule has 0 fully saturated rings. The van der Waals surface area contributed by atoms with Crippen LogP contribution in [0.1, 0.15) is 12.7 Å². The average Bonchev–Trinajstić information content (AvgIpc) is 2.77. The number of nitrogens with two attached hydrogens (primary N) is 1. The lowest BCUT2D eigenvalue weighted by Crippen LogP contribution is -2.03. The summed E-state index contributed by atoms with van der Waals surface area (Å²) in [5.74, 6) is 0.168. The minimum absolute atomic E-state index is 0.116. The highest BCUT2D eigenvalue weighted by atomic mass is 16.4. The van der Waals surface area contributed by atoms with Crippen molar-refractivity contribution < 1.29 is 14.0 Å². The van der Waals surface area contributed by atoms with Crippen LogP contribution < -0.4 is 11.4 Å². The Morgan fingerprint density at radius 3 is 2.79 bits per heavy atom. The molecule has 3 N–H and O–H groups in total. The van der Waals surface area contributed by atoms with Crippen LogP contribution in [0.15, 0.2) is 43.1 Å². The Labute approximate surface area is 106 Å². The molecular formula is C13H10N2O4. The third-order valence-corrected chi connectivity index (χ3v) is 2.96. The van der Waals surface area contributed by atoms with Gasteiger partial charge in [0, 0.05) is 0 Å². The van der Waals surface area contributed by atoms with Crippen molar-refractivity contribution in [1.82, 2.24) is 0 Å². The van der Waals surface area contributed by atoms with Gasteiger partial charge in [-0.05, 0) is 19.1 Å². The Balaban J connectivity index is 2.56. The molecule has 0 atom stereocenters. The van der Waals surface area contributed by atoms with Gasteiger partial charge in [0.05, 0.1) is 11.1 Å². The lowest BCUT2D eigenvalue weighted by molar-refractivity contribution is 0.318. The zero-order valence-electron chi connectivity index (χ0n) is 10.0. The molecule has 0 aliphatic rings. The minimum Gasteiger partial charge on any atom is -0.451 e. The SMILES string of the molecule is C/C(=N\O)c1oc2c(c1N)c(=O)oc1ccccc12. The number of furan rings is 1. The van der Waals surface area contributed by atoms with E-state index in [4.69, 9.17) is 19.8 Å². The summed E-state index contributed by atoms with van der Waals surface area (Å²) in [6.07, 6.45) is 0. The Bertz CT molecular complexity index is 873. The van der Waals surface area contributed by atoms with Crippen molar-refractivity contribution in [3.63, 3.8) is 0 Å². The van der Waals surface area contributed by atoms with Gasteiger partial charge in [0.25, 0.3) is 0 Å². The number of para-hydroxylation sites is 1. The summed E-state index contributed by atoms with van der Waals surface area (Å²) in [5.41, 5.74) is 6.34. The quantitative estimate of drug-likeness (QED) is 0.302. The van der Waals surface area contributed by atoms with Crippen molar-refractivity contribution >= 4 is 33.3 Å². The highest BCUT2D eigenvalue weighted by Crippen LogP contribution is 2.31. The Morgan fingerprint density at radius 1 is 1.32 bits per heavy atom. The van der Waals surface area contributed by atoms with Gasteiger partial charge in [-0.2, -0.15) is 0 Å². The van der Waals surface area contributed by atoms with Crippen LogP contribution in [0, 0.1) is 0 Å². The van der Waals surface area contributed by atoms with E-state index in [1.165, 1.54) is 6.92 Å². The highest BCUT2D eigenvalue weighted by Gasteiger charge is 2.20. The van der Waals surface area contributed by atoms with E-state index < -0.39 is 5.63 Å². The topological polar surface area (TPSA) is 102 Å². The molecule has 2 aromatic heterocycles. The fourth-order valence-electron chi connectivity index (χ4n) is 2.04. The number of benzene rings is 1. The van der Waals surface area contributed by atoms with Crippen molar-refractivity contribution in [3.8, 4) is 0 Å². The predicted molar refractivity (Wildman–Crippen MR) is 70.7 cm³/mol. The normalized spacial score (nSPS) is 12.4. The van der Waals surface area contributed by atoms with Crippen molar-refractivity contribution in [3.05, 3.63) is 40.4 Å². The van der Waals surface area contributed by atoms with Gasteiger partial charge < -0.3 is 19.8 Å². The molecule has 0 aliphatic heterocycles. The number of rotatable bonds is 1. The van der Waals surface area contributed by atoms with E-state index in [1.807, 2.05) is 0 Å². The molecule has 19 heavy (non-hydrogen) atoms. The second-order valence-electron chi connectivity index (χ2n) is 4.12. The van der Waals surface area contributed by atoms with Gasteiger partial charge in [-0.3, -0.25) is 0 Å². The Hall–Kier alpha value is -2.76. The first-order valence-corrected chi connectivity index (χ1v) is 5.56. The third kappa shape index (κ3) is 1.50. The zero-order valence-corrected chi connectivity index (χ0v) is 10.0. The maximum atomic E-state index is 11.9. The number of fused-ring (bicyclic) bond motifs is 3. The zero-order chi connectivity index (χ0) is 13.6. The molecule has 96 valence electrons. The van der Waals surface area contributed by atoms with E-state index in [2.05, 4.69) is 5.16 Å². The van der Waals surface area contributed by atoms with Gasteiger partial charge in [0.2, 0.25) is 0 Å². The second kappa shape index (κ2) is 3.88. The van der Waals surface area contributed by atoms with Gasteiger partial charge in [-0.25, -0.2) is 4.79 Å². The Morgan fingerprint density at radius 2 is 2.05 bits per heavy atom. The molecule has 0 radical (unpaired) electrons. The first-order valence-electron chi connectivity index (χ1n) is 5.56. The van der Waals surface area contributed by atoms with Crippen LogP contribution in [0.3, 0.4) is 0 Å². The van der Waals surface area contributed by atoms with Crippen LogP contribution in [-0.2, 0) is 0 Å². The highest BCUT2D eigenvalue weighted by molar-refractivity contribution is 6.12. The fourth-order valence-corrected chi connectivity index (χ4v) is 2.04. The minimum atomic E-state index is -0.577. The number of oxime groups is 1. The maximum absolute atomic E-state index is 11.9. The van der Waals surface area contributed by atoms with Gasteiger partial charge in [0.15, 0.2) is 11.3 Å². The molecule has 0 bridgehead atoms. The first-order chi connectivity index (χ1) is 9.13. The molecular weight excluding hydrogens is 248 g/mol. The molecule has 1 aromatic carbocycles. The van der Waals surface area contributed by atoms with Crippen LogP contribution in [0.5, 0.6) is 0 Å². The summed E-state index contributed by atoms with van der Waals surface area (Å²) in [7, 11) is 0. The standard InChI is InChI=1S/C13H10N2O4/c1-6(15-17)11-10(14)9-12(19-11)7-4-2-3-5-8(7)18-13(9)16/h2-5,17H,14H2,1H3/b15-6+. The van der Waals surface area contributed by atoms with E-state index in [0.29, 0.717) is 16.6 Å². The molecule has 0 saturated carbocycles. The third-order valence-electron chi connectivity index (χ3n) is 2.96. The second-order valence-corrected chi connectivity index (χ2v) is 4.12. The summed E-state index contributed by atoms with van der Waals surface area (Å²) < 4.78 is 10.8. The number of hydrogen-bond donors (Lipinski definition) is 2. The first kappa shape index (κ1) is 11.3. The van der Waals surface area contributed by atoms with Crippen LogP contribution >= 0.6 is 0 Å². The molecule has 0 amide bonds. The van der Waals surface area contributed by atoms with Gasteiger partial charge in [0.1, 0.15) is 16.7 Å². The summed E-state index contributed by atoms with van der Waals surface area (Å²) in [6.45, 7) is 1.53. The molecule has 3 rings (SSSR count). The van der Waals surface area contributed by atoms with Gasteiger partial charge >= 0.3 is 5.63 Å². The lowest BCUT2D eigenvalue weighted by atomic mass is 10.2. The lowest BCUT2D eigenvalue weighted by Gasteiger charge is -1.95. The smallest absolute Gasteiger partial charge is 0.349 e. The van der Waals surface area contributed by atoms with Crippen LogP contribution in [-0.4, -0.2) is 10.9 Å². The number of hydrogen-bond acceptors (Lipinski definition) is 6. The predicted octanol–water partition coefficient (Wildman–Crippen LogP) is 2.32. The summed E-state index contributed by atoms with van der Waals surface area (Å²) in [4.78, 5) is 11.9. The van der Waals surface area contributed by atoms with Crippen LogP contribution in [0.2, 0.25) is 0 Å². The average molecular weight is 258 g/mol. The van der Waals surface area contributed by atoms with E-state index in [9.17, 15) is 4.79 Å². The van der Waals surface area contributed by atoms with Crippen LogP contribution in [0.25, 0.3) is 21.9 Å². The molecule has 0 unspecified atom stereocenters. The Kier molecular flexibility index (Phi) is 2.31. The largest absolute Gasteiger partial charge is 0.451 e. The summed E-state index contributed by atoms with van der Waals surface area (Å²) >= 11 is 0. The molecule has 2 heterocycles. The molecule has 6 nitrogen and oxygen atoms in total.